The van der Waals surface area contributed by atoms with E-state index in [0.29, 0.717) is 11.4 Å². The summed E-state index contributed by atoms with van der Waals surface area (Å²) in [6, 6.07) is 13.1. The number of benzene rings is 2. The first-order valence-electron chi connectivity index (χ1n) is 8.94. The van der Waals surface area contributed by atoms with Crippen LogP contribution in [0.25, 0.3) is 10.8 Å². The fourth-order valence-electron chi connectivity index (χ4n) is 3.16. The second-order valence-corrected chi connectivity index (χ2v) is 8.53. The predicted octanol–water partition coefficient (Wildman–Crippen LogP) is 2.15. The molecule has 1 aliphatic rings. The van der Waals surface area contributed by atoms with Crippen molar-refractivity contribution in [3.8, 4) is 0 Å². The Morgan fingerprint density at radius 2 is 1.68 bits per heavy atom. The third-order valence-corrected chi connectivity index (χ3v) is 6.28. The molecule has 2 aromatic rings. The van der Waals surface area contributed by atoms with E-state index in [2.05, 4.69) is 21.6 Å². The molecule has 0 radical (unpaired) electrons. The summed E-state index contributed by atoms with van der Waals surface area (Å²) < 4.78 is 27.6. The van der Waals surface area contributed by atoms with Crippen LogP contribution < -0.4 is 4.72 Å². The van der Waals surface area contributed by atoms with Crippen molar-refractivity contribution in [3.63, 3.8) is 0 Å². The highest BCUT2D eigenvalue weighted by Crippen LogP contribution is 2.18. The quantitative estimate of drug-likeness (QED) is 0.768. The number of likely N-dealkylation sites (N-methyl/N-ethyl adjacent to an activating group) is 1. The second kappa shape index (κ2) is 8.27. The molecular weight excluding hydrogens is 334 g/mol. The van der Waals surface area contributed by atoms with Gasteiger partial charge in [-0.15, -0.1) is 0 Å². The van der Waals surface area contributed by atoms with Crippen molar-refractivity contribution in [1.82, 2.24) is 14.5 Å². The van der Waals surface area contributed by atoms with E-state index in [9.17, 15) is 8.42 Å². The van der Waals surface area contributed by atoms with Gasteiger partial charge in [0.15, 0.2) is 0 Å². The monoisotopic (exact) mass is 361 g/mol. The van der Waals surface area contributed by atoms with Gasteiger partial charge in [-0.25, -0.2) is 13.1 Å². The highest BCUT2D eigenvalue weighted by atomic mass is 32.2. The van der Waals surface area contributed by atoms with Crippen LogP contribution in [0.1, 0.15) is 12.8 Å². The van der Waals surface area contributed by atoms with Gasteiger partial charge in [-0.05, 0) is 49.3 Å². The molecule has 0 aliphatic carbocycles. The molecule has 0 atom stereocenters. The molecule has 6 heteroatoms. The fourth-order valence-corrected chi connectivity index (χ4v) is 4.27. The lowest BCUT2D eigenvalue weighted by Gasteiger charge is -2.32. The molecule has 2 aromatic carbocycles. The van der Waals surface area contributed by atoms with Gasteiger partial charge in [-0.3, -0.25) is 0 Å². The van der Waals surface area contributed by atoms with Gasteiger partial charge in [0.2, 0.25) is 10.0 Å². The molecule has 25 heavy (non-hydrogen) atoms. The van der Waals surface area contributed by atoms with Crippen molar-refractivity contribution in [2.45, 2.75) is 17.7 Å². The molecule has 1 fully saturated rings. The molecule has 0 amide bonds. The average Bonchev–Trinajstić information content (AvgIpc) is 2.62. The zero-order valence-electron chi connectivity index (χ0n) is 14.8. The lowest BCUT2D eigenvalue weighted by Crippen LogP contribution is -2.44. The maximum Gasteiger partial charge on any atom is 0.240 e. The van der Waals surface area contributed by atoms with Gasteiger partial charge < -0.3 is 9.80 Å². The first-order valence-corrected chi connectivity index (χ1v) is 10.4. The third kappa shape index (κ3) is 5.01. The van der Waals surface area contributed by atoms with Crippen molar-refractivity contribution in [2.75, 3.05) is 46.3 Å². The molecule has 1 N–H and O–H groups in total. The minimum Gasteiger partial charge on any atom is -0.304 e. The highest BCUT2D eigenvalue weighted by molar-refractivity contribution is 7.89. The number of nitrogens with one attached hydrogen (secondary N) is 1. The Bertz CT molecular complexity index is 799. The van der Waals surface area contributed by atoms with Crippen molar-refractivity contribution in [2.24, 2.45) is 0 Å². The van der Waals surface area contributed by atoms with Gasteiger partial charge in [0.05, 0.1) is 4.90 Å². The summed E-state index contributed by atoms with van der Waals surface area (Å²) in [7, 11) is -1.28. The topological polar surface area (TPSA) is 52.6 Å². The third-order valence-electron chi connectivity index (χ3n) is 4.82. The molecular formula is C19H27N3O2S. The molecule has 5 nitrogen and oxygen atoms in total. The minimum atomic E-state index is -3.43. The van der Waals surface area contributed by atoms with Gasteiger partial charge in [0.1, 0.15) is 0 Å². The maximum absolute atomic E-state index is 12.4. The molecule has 3 rings (SSSR count). The average molecular weight is 362 g/mol. The van der Waals surface area contributed by atoms with Gasteiger partial charge in [-0.1, -0.05) is 30.3 Å². The van der Waals surface area contributed by atoms with Gasteiger partial charge >= 0.3 is 0 Å². The SMILES string of the molecule is CN1CCN(CCCCNS(=O)(=O)c2ccc3ccccc3c2)CC1. The maximum atomic E-state index is 12.4. The van der Waals surface area contributed by atoms with E-state index >= 15 is 0 Å². The van der Waals surface area contributed by atoms with Crippen molar-refractivity contribution < 1.29 is 8.42 Å². The van der Waals surface area contributed by atoms with E-state index < -0.39 is 10.0 Å². The highest BCUT2D eigenvalue weighted by Gasteiger charge is 2.15. The van der Waals surface area contributed by atoms with Crippen molar-refractivity contribution in [1.29, 1.82) is 0 Å². The molecule has 0 spiro atoms. The number of fused-ring (bicyclic) bond motifs is 1. The summed E-state index contributed by atoms with van der Waals surface area (Å²) >= 11 is 0. The summed E-state index contributed by atoms with van der Waals surface area (Å²) in [5, 5.41) is 1.99. The smallest absolute Gasteiger partial charge is 0.240 e. The first-order chi connectivity index (χ1) is 12.0. The molecule has 0 unspecified atom stereocenters. The van der Waals surface area contributed by atoms with E-state index in [1.54, 1.807) is 12.1 Å². The van der Waals surface area contributed by atoms with Crippen LogP contribution in [-0.4, -0.2) is 64.5 Å². The number of piperazine rings is 1. The summed E-state index contributed by atoms with van der Waals surface area (Å²) in [6.07, 6.45) is 1.88. The molecule has 0 bridgehead atoms. The molecule has 1 heterocycles. The van der Waals surface area contributed by atoms with Crippen LogP contribution in [0.5, 0.6) is 0 Å². The fraction of sp³-hybridized carbons (Fsp3) is 0.474. The Balaban J connectivity index is 1.46. The Morgan fingerprint density at radius 3 is 2.44 bits per heavy atom. The van der Waals surface area contributed by atoms with E-state index in [1.807, 2.05) is 30.3 Å². The van der Waals surface area contributed by atoms with Crippen LogP contribution >= 0.6 is 0 Å². The normalized spacial score (nSPS) is 17.2. The van der Waals surface area contributed by atoms with Crippen molar-refractivity contribution in [3.05, 3.63) is 42.5 Å². The summed E-state index contributed by atoms with van der Waals surface area (Å²) in [5.74, 6) is 0. The molecule has 1 saturated heterocycles. The van der Waals surface area contributed by atoms with Crippen LogP contribution in [0.4, 0.5) is 0 Å². The van der Waals surface area contributed by atoms with Gasteiger partial charge in [0, 0.05) is 32.7 Å². The van der Waals surface area contributed by atoms with Crippen molar-refractivity contribution >= 4 is 20.8 Å². The number of unbranched alkanes of at least 4 members (excludes halogenated alkanes) is 1. The number of nitrogens with zero attached hydrogens (tertiary/aromatic N) is 2. The van der Waals surface area contributed by atoms with E-state index in [1.165, 1.54) is 0 Å². The minimum absolute atomic E-state index is 0.338. The lowest BCUT2D eigenvalue weighted by molar-refractivity contribution is 0.152. The van der Waals surface area contributed by atoms with Crippen LogP contribution in [0.3, 0.4) is 0 Å². The number of hydrogen-bond acceptors (Lipinski definition) is 4. The number of hydrogen-bond donors (Lipinski definition) is 1. The largest absolute Gasteiger partial charge is 0.304 e. The predicted molar refractivity (Wildman–Crippen MR) is 102 cm³/mol. The summed E-state index contributed by atoms with van der Waals surface area (Å²) in [6.45, 7) is 6.00. The standard InChI is InChI=1S/C19H27N3O2S/c1-21-12-14-22(15-13-21)11-5-4-10-20-25(23,24)19-9-8-17-6-2-3-7-18(17)16-19/h2-3,6-9,16,20H,4-5,10-15H2,1H3. The Hall–Kier alpha value is -1.47. The molecule has 136 valence electrons. The van der Waals surface area contributed by atoms with E-state index in [4.69, 9.17) is 0 Å². The first kappa shape index (κ1) is 18.3. The molecule has 0 saturated carbocycles. The Labute approximate surface area is 150 Å². The summed E-state index contributed by atoms with van der Waals surface area (Å²) in [4.78, 5) is 5.14. The second-order valence-electron chi connectivity index (χ2n) is 6.76. The van der Waals surface area contributed by atoms with Crippen LogP contribution in [-0.2, 0) is 10.0 Å². The van der Waals surface area contributed by atoms with Crippen LogP contribution in [0.15, 0.2) is 47.4 Å². The molecule has 1 aliphatic heterocycles. The number of rotatable bonds is 7. The van der Waals surface area contributed by atoms with E-state index in [0.717, 1.165) is 56.3 Å². The zero-order valence-corrected chi connectivity index (χ0v) is 15.6. The Kier molecular flexibility index (Phi) is 6.06. The Morgan fingerprint density at radius 1 is 0.960 bits per heavy atom. The lowest BCUT2D eigenvalue weighted by atomic mass is 10.1. The van der Waals surface area contributed by atoms with Gasteiger partial charge in [-0.2, -0.15) is 0 Å². The van der Waals surface area contributed by atoms with Gasteiger partial charge in [0.25, 0.3) is 0 Å². The number of sulfonamides is 1. The van der Waals surface area contributed by atoms with Crippen LogP contribution in [0, 0.1) is 0 Å². The van der Waals surface area contributed by atoms with E-state index in [-0.39, 0.29) is 0 Å². The molecule has 0 aromatic heterocycles. The zero-order chi connectivity index (χ0) is 17.7. The van der Waals surface area contributed by atoms with Crippen LogP contribution in [0.2, 0.25) is 0 Å². The summed E-state index contributed by atoms with van der Waals surface area (Å²) in [5.41, 5.74) is 0.